The van der Waals surface area contributed by atoms with Crippen molar-refractivity contribution in [3.8, 4) is 0 Å². The zero-order valence-electron chi connectivity index (χ0n) is 13.9. The zero-order valence-corrected chi connectivity index (χ0v) is 13.9. The van der Waals surface area contributed by atoms with Gasteiger partial charge in [0.25, 0.3) is 5.91 Å². The summed E-state index contributed by atoms with van der Waals surface area (Å²) in [4.78, 5) is 23.2. The fourth-order valence-corrected chi connectivity index (χ4v) is 1.66. The minimum atomic E-state index is -0.625. The largest absolute Gasteiger partial charge is 0.444 e. The average Bonchev–Trinajstić information content (AvgIpc) is 2.90. The summed E-state index contributed by atoms with van der Waals surface area (Å²) < 4.78 is 19.4. The Bertz CT molecular complexity index is 576. The van der Waals surface area contributed by atoms with Crippen molar-refractivity contribution in [2.24, 2.45) is 0 Å². The third-order valence-corrected chi connectivity index (χ3v) is 2.59. The van der Waals surface area contributed by atoms with Gasteiger partial charge in [-0.2, -0.15) is 5.10 Å². The maximum atomic E-state index is 12.9. The van der Waals surface area contributed by atoms with Crippen LogP contribution in [0.2, 0.25) is 0 Å². The lowest BCUT2D eigenvalue weighted by molar-refractivity contribution is 0.0532. The average molecular weight is 326 g/mol. The van der Waals surface area contributed by atoms with Gasteiger partial charge in [-0.25, -0.2) is 9.18 Å². The Balaban J connectivity index is 2.54. The molecule has 2 N–H and O–H groups in total. The van der Waals surface area contributed by atoms with Crippen LogP contribution in [0.4, 0.5) is 9.18 Å². The Kier molecular flexibility index (Phi) is 6.74. The molecular formula is C15H23FN4O3. The lowest BCUT2D eigenvalue weighted by Gasteiger charge is -2.20. The Morgan fingerprint density at radius 1 is 1.39 bits per heavy atom. The number of amides is 2. The van der Waals surface area contributed by atoms with Crippen molar-refractivity contribution in [1.29, 1.82) is 0 Å². The fourth-order valence-electron chi connectivity index (χ4n) is 1.66. The predicted octanol–water partition coefficient (Wildman–Crippen LogP) is 2.01. The quantitative estimate of drug-likeness (QED) is 0.837. The first-order valence-electron chi connectivity index (χ1n) is 7.31. The van der Waals surface area contributed by atoms with Gasteiger partial charge in [0.2, 0.25) is 0 Å². The van der Waals surface area contributed by atoms with E-state index in [2.05, 4.69) is 15.7 Å². The molecule has 0 atom stereocenters. The lowest BCUT2D eigenvalue weighted by atomic mass is 10.2. The number of ether oxygens (including phenoxy) is 1. The second-order valence-electron chi connectivity index (χ2n) is 5.88. The molecule has 1 heterocycles. The van der Waals surface area contributed by atoms with Crippen LogP contribution in [0.5, 0.6) is 0 Å². The van der Waals surface area contributed by atoms with Gasteiger partial charge in [-0.05, 0) is 39.3 Å². The van der Waals surface area contributed by atoms with Gasteiger partial charge in [0, 0.05) is 19.3 Å². The van der Waals surface area contributed by atoms with Gasteiger partial charge in [-0.1, -0.05) is 0 Å². The van der Waals surface area contributed by atoms with Crippen LogP contribution < -0.4 is 10.6 Å². The van der Waals surface area contributed by atoms with Crippen LogP contribution in [0, 0.1) is 0 Å². The van der Waals surface area contributed by atoms with Crippen molar-refractivity contribution >= 4 is 12.0 Å². The maximum absolute atomic E-state index is 12.9. The van der Waals surface area contributed by atoms with Crippen molar-refractivity contribution in [2.45, 2.75) is 39.8 Å². The summed E-state index contributed by atoms with van der Waals surface area (Å²) in [5.74, 6) is -0.288. The van der Waals surface area contributed by atoms with Crippen molar-refractivity contribution in [2.75, 3.05) is 13.1 Å². The third kappa shape index (κ3) is 6.94. The molecule has 0 aliphatic heterocycles. The Hall–Kier alpha value is -2.38. The molecule has 1 aromatic heterocycles. The van der Waals surface area contributed by atoms with E-state index in [-0.39, 0.29) is 24.7 Å². The second-order valence-corrected chi connectivity index (χ2v) is 5.88. The highest BCUT2D eigenvalue weighted by Gasteiger charge is 2.16. The summed E-state index contributed by atoms with van der Waals surface area (Å²) in [6, 6.07) is 1.54. The monoisotopic (exact) mass is 326 g/mol. The van der Waals surface area contributed by atoms with E-state index in [1.807, 2.05) is 0 Å². The normalized spacial score (nSPS) is 12.0. The summed E-state index contributed by atoms with van der Waals surface area (Å²) in [5, 5.41) is 9.15. The Labute approximate surface area is 134 Å². The number of hydrogen-bond donors (Lipinski definition) is 2. The van der Waals surface area contributed by atoms with Crippen LogP contribution >= 0.6 is 0 Å². The molecule has 23 heavy (non-hydrogen) atoms. The Morgan fingerprint density at radius 3 is 2.65 bits per heavy atom. The van der Waals surface area contributed by atoms with Gasteiger partial charge >= 0.3 is 6.09 Å². The van der Waals surface area contributed by atoms with Gasteiger partial charge < -0.3 is 15.4 Å². The number of nitrogens with one attached hydrogen (secondary N) is 2. The molecule has 0 saturated carbocycles. The number of alkyl carbamates (subject to hydrolysis) is 1. The zero-order chi connectivity index (χ0) is 17.5. The van der Waals surface area contributed by atoms with Gasteiger partial charge in [0.15, 0.2) is 0 Å². The highest BCUT2D eigenvalue weighted by atomic mass is 19.1. The molecule has 1 aromatic rings. The number of carbonyl (C=O) groups is 2. The van der Waals surface area contributed by atoms with Crippen molar-refractivity contribution < 1.29 is 18.7 Å². The van der Waals surface area contributed by atoms with Gasteiger partial charge in [-0.3, -0.25) is 9.48 Å². The van der Waals surface area contributed by atoms with E-state index in [1.54, 1.807) is 40.0 Å². The third-order valence-electron chi connectivity index (χ3n) is 2.59. The van der Waals surface area contributed by atoms with E-state index in [0.717, 1.165) is 0 Å². The molecule has 7 nitrogen and oxygen atoms in total. The molecule has 0 saturated heterocycles. The predicted molar refractivity (Wildman–Crippen MR) is 83.7 cm³/mol. The van der Waals surface area contributed by atoms with Crippen LogP contribution in [0.1, 0.15) is 38.2 Å². The van der Waals surface area contributed by atoms with Crippen LogP contribution in [0.15, 0.2) is 24.2 Å². The first kappa shape index (κ1) is 18.7. The molecule has 0 fully saturated rings. The minimum Gasteiger partial charge on any atom is -0.444 e. The highest BCUT2D eigenvalue weighted by molar-refractivity contribution is 5.92. The van der Waals surface area contributed by atoms with E-state index in [0.29, 0.717) is 18.4 Å². The maximum Gasteiger partial charge on any atom is 0.407 e. The SMILES string of the molecule is CCNC(=O)c1ccn(CC(=CF)CNC(=O)OC(C)(C)C)n1. The number of halogens is 1. The van der Waals surface area contributed by atoms with Crippen LogP contribution in [-0.4, -0.2) is 40.5 Å². The van der Waals surface area contributed by atoms with Crippen LogP contribution in [0.25, 0.3) is 0 Å². The number of hydrogen-bond acceptors (Lipinski definition) is 4. The number of nitrogens with zero attached hydrogens (tertiary/aromatic N) is 2. The van der Waals surface area contributed by atoms with Gasteiger partial charge in [0.05, 0.1) is 12.9 Å². The molecule has 0 aromatic carbocycles. The molecule has 0 bridgehead atoms. The van der Waals surface area contributed by atoms with Crippen molar-refractivity contribution in [3.05, 3.63) is 29.9 Å². The molecule has 0 radical (unpaired) electrons. The molecule has 1 rings (SSSR count). The summed E-state index contributed by atoms with van der Waals surface area (Å²) in [6.07, 6.45) is 1.35. The molecule has 8 heteroatoms. The standard InChI is InChI=1S/C15H23FN4O3/c1-5-17-13(21)12-6-7-20(19-12)10-11(8-16)9-18-14(22)23-15(2,3)4/h6-8H,5,9-10H2,1-4H3,(H,17,21)(H,18,22). The van der Waals surface area contributed by atoms with Crippen LogP contribution in [0.3, 0.4) is 0 Å². The molecule has 0 unspecified atom stereocenters. The number of carbonyl (C=O) groups excluding carboxylic acids is 2. The molecular weight excluding hydrogens is 303 g/mol. The Morgan fingerprint density at radius 2 is 2.09 bits per heavy atom. The molecule has 2 amide bonds. The first-order valence-corrected chi connectivity index (χ1v) is 7.31. The van der Waals surface area contributed by atoms with E-state index >= 15 is 0 Å². The van der Waals surface area contributed by atoms with Crippen molar-refractivity contribution in [3.63, 3.8) is 0 Å². The summed E-state index contributed by atoms with van der Waals surface area (Å²) in [7, 11) is 0. The van der Waals surface area contributed by atoms with E-state index < -0.39 is 11.7 Å². The summed E-state index contributed by atoms with van der Waals surface area (Å²) in [6.45, 7) is 7.64. The molecule has 0 aliphatic carbocycles. The van der Waals surface area contributed by atoms with E-state index in [9.17, 15) is 14.0 Å². The van der Waals surface area contributed by atoms with Gasteiger partial charge in [-0.15, -0.1) is 0 Å². The van der Waals surface area contributed by atoms with Crippen LogP contribution in [-0.2, 0) is 11.3 Å². The molecule has 0 aliphatic rings. The van der Waals surface area contributed by atoms with Crippen molar-refractivity contribution in [1.82, 2.24) is 20.4 Å². The first-order chi connectivity index (χ1) is 10.7. The molecule has 128 valence electrons. The van der Waals surface area contributed by atoms with E-state index in [1.165, 1.54) is 4.68 Å². The molecule has 0 spiro atoms. The van der Waals surface area contributed by atoms with E-state index in [4.69, 9.17) is 4.74 Å². The summed E-state index contributed by atoms with van der Waals surface area (Å²) >= 11 is 0. The number of aromatic nitrogens is 2. The smallest absolute Gasteiger partial charge is 0.407 e. The highest BCUT2D eigenvalue weighted by Crippen LogP contribution is 2.07. The summed E-state index contributed by atoms with van der Waals surface area (Å²) in [5.41, 5.74) is -0.0701. The minimum absolute atomic E-state index is 0.0121. The second kappa shape index (κ2) is 8.30. The lowest BCUT2D eigenvalue weighted by Crippen LogP contribution is -2.34. The van der Waals surface area contributed by atoms with Gasteiger partial charge in [0.1, 0.15) is 11.3 Å². The fraction of sp³-hybridized carbons (Fsp3) is 0.533. The topological polar surface area (TPSA) is 85.2 Å². The number of rotatable bonds is 6.